The molecule has 108 valence electrons. The van der Waals surface area contributed by atoms with Gasteiger partial charge in [-0.2, -0.15) is 0 Å². The van der Waals surface area contributed by atoms with Gasteiger partial charge in [0.15, 0.2) is 11.5 Å². The number of hydrogen-bond donors (Lipinski definition) is 2. The molecule has 0 saturated heterocycles. The van der Waals surface area contributed by atoms with Crippen LogP contribution in [0.1, 0.15) is 6.92 Å². The van der Waals surface area contributed by atoms with E-state index in [1.165, 1.54) is 12.1 Å². The van der Waals surface area contributed by atoms with E-state index in [9.17, 15) is 8.78 Å². The molecular weight excluding hydrogens is 276 g/mol. The maximum atomic E-state index is 13.3. The molecule has 0 aliphatic heterocycles. The number of nitrogens with one attached hydrogen (secondary N) is 2. The molecular formula is C14H13F2N5. The van der Waals surface area contributed by atoms with E-state index in [0.29, 0.717) is 23.8 Å². The second-order valence-corrected chi connectivity index (χ2v) is 4.45. The minimum absolute atomic E-state index is 0.276. The summed E-state index contributed by atoms with van der Waals surface area (Å²) in [5.74, 6) is -0.245. The van der Waals surface area contributed by atoms with E-state index >= 15 is 0 Å². The molecule has 2 aromatic heterocycles. The van der Waals surface area contributed by atoms with Gasteiger partial charge in [0.2, 0.25) is 0 Å². The van der Waals surface area contributed by atoms with Gasteiger partial charge in [0, 0.05) is 30.7 Å². The van der Waals surface area contributed by atoms with Gasteiger partial charge < -0.3 is 15.0 Å². The summed E-state index contributed by atoms with van der Waals surface area (Å²) in [6, 6.07) is 3.22. The molecule has 2 N–H and O–H groups in total. The highest BCUT2D eigenvalue weighted by molar-refractivity contribution is 5.71. The first-order valence-electron chi connectivity index (χ1n) is 6.46. The second-order valence-electron chi connectivity index (χ2n) is 4.45. The summed E-state index contributed by atoms with van der Waals surface area (Å²) in [4.78, 5) is 8.55. The number of benzene rings is 1. The second kappa shape index (κ2) is 5.35. The van der Waals surface area contributed by atoms with Gasteiger partial charge >= 0.3 is 0 Å². The molecule has 0 amide bonds. The zero-order valence-electron chi connectivity index (χ0n) is 11.3. The number of anilines is 3. The third-order valence-corrected chi connectivity index (χ3v) is 2.86. The number of rotatable bonds is 4. The molecule has 0 unspecified atom stereocenters. The predicted molar refractivity (Wildman–Crippen MR) is 76.8 cm³/mol. The molecule has 0 aliphatic carbocycles. The number of hydrogen-bond acceptors (Lipinski definition) is 4. The van der Waals surface area contributed by atoms with Crippen molar-refractivity contribution in [1.82, 2.24) is 14.4 Å². The summed E-state index contributed by atoms with van der Waals surface area (Å²) in [7, 11) is 0. The lowest BCUT2D eigenvalue weighted by molar-refractivity contribution is 0.584. The van der Waals surface area contributed by atoms with Crippen LogP contribution in [0, 0.1) is 11.6 Å². The minimum atomic E-state index is -0.653. The number of fused-ring (bicyclic) bond motifs is 1. The lowest BCUT2D eigenvalue weighted by atomic mass is 10.3. The Morgan fingerprint density at radius 3 is 2.67 bits per heavy atom. The summed E-state index contributed by atoms with van der Waals surface area (Å²) in [6.45, 7) is 2.66. The topological polar surface area (TPSA) is 54.2 Å². The zero-order chi connectivity index (χ0) is 14.8. The normalized spacial score (nSPS) is 10.8. The molecule has 3 rings (SSSR count). The molecule has 21 heavy (non-hydrogen) atoms. The summed E-state index contributed by atoms with van der Waals surface area (Å²) in [6.07, 6.45) is 5.20. The highest BCUT2D eigenvalue weighted by atomic mass is 19.1. The lowest BCUT2D eigenvalue weighted by Gasteiger charge is -2.10. The monoisotopic (exact) mass is 289 g/mol. The SMILES string of the molecule is CCNc1cn2ccnc2c(Nc2cc(F)cc(F)c2)n1. The van der Waals surface area contributed by atoms with Crippen molar-refractivity contribution in [2.45, 2.75) is 6.92 Å². The fourth-order valence-corrected chi connectivity index (χ4v) is 2.04. The van der Waals surface area contributed by atoms with E-state index in [1.807, 2.05) is 6.92 Å². The Kier molecular flexibility index (Phi) is 3.39. The van der Waals surface area contributed by atoms with Crippen molar-refractivity contribution in [2.24, 2.45) is 0 Å². The molecule has 0 radical (unpaired) electrons. The van der Waals surface area contributed by atoms with E-state index in [0.717, 1.165) is 6.07 Å². The molecule has 3 aromatic rings. The fourth-order valence-electron chi connectivity index (χ4n) is 2.04. The van der Waals surface area contributed by atoms with Crippen molar-refractivity contribution in [3.8, 4) is 0 Å². The molecule has 1 aromatic carbocycles. The predicted octanol–water partition coefficient (Wildman–Crippen LogP) is 3.18. The minimum Gasteiger partial charge on any atom is -0.369 e. The largest absolute Gasteiger partial charge is 0.369 e. The zero-order valence-corrected chi connectivity index (χ0v) is 11.3. The van der Waals surface area contributed by atoms with E-state index in [4.69, 9.17) is 0 Å². The van der Waals surface area contributed by atoms with Gasteiger partial charge in [0.05, 0.1) is 6.20 Å². The lowest BCUT2D eigenvalue weighted by Crippen LogP contribution is -2.05. The molecule has 0 saturated carbocycles. The Labute approximate surface area is 119 Å². The van der Waals surface area contributed by atoms with Gasteiger partial charge in [-0.05, 0) is 19.1 Å². The van der Waals surface area contributed by atoms with Crippen LogP contribution in [0.5, 0.6) is 0 Å². The quantitative estimate of drug-likeness (QED) is 0.774. The van der Waals surface area contributed by atoms with Crippen LogP contribution in [-0.2, 0) is 0 Å². The molecule has 2 heterocycles. The highest BCUT2D eigenvalue weighted by Gasteiger charge is 2.09. The summed E-state index contributed by atoms with van der Waals surface area (Å²) < 4.78 is 28.3. The molecule has 7 heteroatoms. The van der Waals surface area contributed by atoms with Crippen molar-refractivity contribution in [3.05, 3.63) is 48.4 Å². The maximum absolute atomic E-state index is 13.3. The highest BCUT2D eigenvalue weighted by Crippen LogP contribution is 2.22. The van der Waals surface area contributed by atoms with Crippen LogP contribution in [0.15, 0.2) is 36.8 Å². The average molecular weight is 289 g/mol. The number of imidazole rings is 1. The van der Waals surface area contributed by atoms with Crippen LogP contribution in [0.4, 0.5) is 26.1 Å². The third-order valence-electron chi connectivity index (χ3n) is 2.86. The summed E-state index contributed by atoms with van der Waals surface area (Å²) in [5, 5.41) is 5.99. The Hall–Kier alpha value is -2.70. The smallest absolute Gasteiger partial charge is 0.180 e. The molecule has 0 aliphatic rings. The maximum Gasteiger partial charge on any atom is 0.180 e. The average Bonchev–Trinajstić information content (AvgIpc) is 2.86. The Balaban J connectivity index is 2.04. The van der Waals surface area contributed by atoms with Gasteiger partial charge in [-0.15, -0.1) is 0 Å². The van der Waals surface area contributed by atoms with Gasteiger partial charge in [-0.3, -0.25) is 0 Å². The van der Waals surface area contributed by atoms with Gasteiger partial charge in [-0.1, -0.05) is 0 Å². The van der Waals surface area contributed by atoms with E-state index < -0.39 is 11.6 Å². The molecule has 5 nitrogen and oxygen atoms in total. The Morgan fingerprint density at radius 2 is 1.95 bits per heavy atom. The standard InChI is InChI=1S/C14H13F2N5/c1-2-17-12-8-21-4-3-18-14(21)13(20-12)19-11-6-9(15)5-10(16)7-11/h3-8,17H,2H2,1H3,(H,19,20). The van der Waals surface area contributed by atoms with Crippen molar-refractivity contribution in [2.75, 3.05) is 17.2 Å². The molecule has 0 spiro atoms. The molecule has 0 atom stereocenters. The fraction of sp³-hybridized carbons (Fsp3) is 0.143. The number of aromatic nitrogens is 3. The number of nitrogens with zero attached hydrogens (tertiary/aromatic N) is 3. The van der Waals surface area contributed by atoms with Crippen molar-refractivity contribution in [3.63, 3.8) is 0 Å². The van der Waals surface area contributed by atoms with E-state index in [1.54, 1.807) is 23.0 Å². The first-order chi connectivity index (χ1) is 10.2. The van der Waals surface area contributed by atoms with E-state index in [2.05, 4.69) is 20.6 Å². The van der Waals surface area contributed by atoms with E-state index in [-0.39, 0.29) is 5.69 Å². The Bertz CT molecular complexity index is 764. The number of halogens is 2. The van der Waals surface area contributed by atoms with Crippen LogP contribution >= 0.6 is 0 Å². The first kappa shape index (κ1) is 13.3. The van der Waals surface area contributed by atoms with Crippen LogP contribution in [0.2, 0.25) is 0 Å². The van der Waals surface area contributed by atoms with Crippen molar-refractivity contribution < 1.29 is 8.78 Å². The van der Waals surface area contributed by atoms with Gasteiger partial charge in [-0.25, -0.2) is 18.7 Å². The third kappa shape index (κ3) is 2.76. The summed E-state index contributed by atoms with van der Waals surface area (Å²) >= 11 is 0. The van der Waals surface area contributed by atoms with Crippen LogP contribution in [0.3, 0.4) is 0 Å². The van der Waals surface area contributed by atoms with Crippen molar-refractivity contribution >= 4 is 23.0 Å². The van der Waals surface area contributed by atoms with Crippen LogP contribution < -0.4 is 10.6 Å². The van der Waals surface area contributed by atoms with Gasteiger partial charge in [0.25, 0.3) is 0 Å². The molecule has 0 bridgehead atoms. The molecule has 0 fully saturated rings. The van der Waals surface area contributed by atoms with Crippen molar-refractivity contribution in [1.29, 1.82) is 0 Å². The van der Waals surface area contributed by atoms with Crippen LogP contribution in [-0.4, -0.2) is 20.9 Å². The first-order valence-corrected chi connectivity index (χ1v) is 6.46. The summed E-state index contributed by atoms with van der Waals surface area (Å²) in [5.41, 5.74) is 0.847. The van der Waals surface area contributed by atoms with Crippen LogP contribution in [0.25, 0.3) is 5.65 Å². The Morgan fingerprint density at radius 1 is 1.19 bits per heavy atom. The van der Waals surface area contributed by atoms with Gasteiger partial charge in [0.1, 0.15) is 17.5 Å².